The summed E-state index contributed by atoms with van der Waals surface area (Å²) in [4.78, 5) is 20.5. The van der Waals surface area contributed by atoms with Crippen LogP contribution in [0.2, 0.25) is 0 Å². The standard InChI is InChI=1S/C28H26N4OS.2ClH/c33-28(25-15-24-17-29-26-9-4-10-27(34-25)32(24)26)30-16-21-11-12-22-18-31(19-23(22)14-21)13-5-8-20-6-2-1-3-7-20;;/h1-4,6-7,9-12,14-15,17H,5,8,13,16,18-19H2,(H,30,33);2*1H. The van der Waals surface area contributed by atoms with Crippen molar-refractivity contribution in [3.63, 3.8) is 0 Å². The molecule has 0 fully saturated rings. The predicted octanol–water partition coefficient (Wildman–Crippen LogP) is 5.89. The van der Waals surface area contributed by atoms with Crippen molar-refractivity contribution in [2.45, 2.75) is 37.5 Å². The minimum atomic E-state index is -0.0440. The van der Waals surface area contributed by atoms with E-state index in [2.05, 4.69) is 68.1 Å². The van der Waals surface area contributed by atoms with E-state index in [9.17, 15) is 4.79 Å². The van der Waals surface area contributed by atoms with Crippen molar-refractivity contribution in [1.82, 2.24) is 19.6 Å². The Labute approximate surface area is 227 Å². The summed E-state index contributed by atoms with van der Waals surface area (Å²) >= 11 is 1.49. The van der Waals surface area contributed by atoms with Gasteiger partial charge in [-0.3, -0.25) is 14.1 Å². The van der Waals surface area contributed by atoms with Crippen molar-refractivity contribution in [2.24, 2.45) is 0 Å². The smallest absolute Gasteiger partial charge is 0.258 e. The van der Waals surface area contributed by atoms with Gasteiger partial charge >= 0.3 is 0 Å². The van der Waals surface area contributed by atoms with E-state index in [1.807, 2.05) is 30.5 Å². The van der Waals surface area contributed by atoms with E-state index in [1.165, 1.54) is 34.9 Å². The molecule has 4 heterocycles. The Morgan fingerprint density at radius 1 is 0.944 bits per heavy atom. The molecule has 0 spiro atoms. The van der Waals surface area contributed by atoms with Crippen molar-refractivity contribution in [1.29, 1.82) is 0 Å². The average Bonchev–Trinajstić information content (AvgIpc) is 3.47. The second-order valence-electron chi connectivity index (χ2n) is 8.94. The Bertz CT molecular complexity index is 1400. The van der Waals surface area contributed by atoms with Crippen LogP contribution in [0.15, 0.2) is 82.9 Å². The summed E-state index contributed by atoms with van der Waals surface area (Å²) in [7, 11) is 0. The number of hydrogen-bond acceptors (Lipinski definition) is 4. The fourth-order valence-electron chi connectivity index (χ4n) is 4.81. The first-order valence-electron chi connectivity index (χ1n) is 11.7. The van der Waals surface area contributed by atoms with E-state index >= 15 is 0 Å². The first-order chi connectivity index (χ1) is 16.7. The van der Waals surface area contributed by atoms with Gasteiger partial charge in [0.05, 0.1) is 21.8 Å². The minimum Gasteiger partial charge on any atom is -0.348 e. The number of nitrogens with zero attached hydrogens (tertiary/aromatic N) is 3. The van der Waals surface area contributed by atoms with Gasteiger partial charge in [0, 0.05) is 19.6 Å². The molecule has 4 aromatic rings. The topological polar surface area (TPSA) is 49.6 Å². The molecule has 2 aliphatic rings. The number of benzene rings is 2. The van der Waals surface area contributed by atoms with Gasteiger partial charge in [0.15, 0.2) is 0 Å². The molecule has 2 aromatic heterocycles. The van der Waals surface area contributed by atoms with Gasteiger partial charge in [-0.2, -0.15) is 0 Å². The van der Waals surface area contributed by atoms with Crippen molar-refractivity contribution >= 4 is 54.2 Å². The third-order valence-electron chi connectivity index (χ3n) is 6.53. The number of imidazole rings is 1. The molecule has 0 aliphatic carbocycles. The molecule has 0 saturated carbocycles. The van der Waals surface area contributed by atoms with Gasteiger partial charge in [0.2, 0.25) is 0 Å². The number of hydrogen-bond donors (Lipinski definition) is 1. The Morgan fingerprint density at radius 3 is 2.64 bits per heavy atom. The molecule has 1 N–H and O–H groups in total. The fourth-order valence-corrected chi connectivity index (χ4v) is 5.81. The molecule has 8 heteroatoms. The molecule has 0 atom stereocenters. The zero-order chi connectivity index (χ0) is 22.9. The first kappa shape index (κ1) is 26.3. The lowest BCUT2D eigenvalue weighted by atomic mass is 10.1. The molecule has 0 saturated heterocycles. The molecule has 186 valence electrons. The highest BCUT2D eigenvalue weighted by molar-refractivity contribution is 8.04. The summed E-state index contributed by atoms with van der Waals surface area (Å²) in [6, 6.07) is 23.3. The van der Waals surface area contributed by atoms with Crippen LogP contribution in [0.5, 0.6) is 0 Å². The molecule has 2 aromatic carbocycles. The zero-order valence-corrected chi connectivity index (χ0v) is 22.2. The van der Waals surface area contributed by atoms with Crippen LogP contribution in [0.1, 0.15) is 34.4 Å². The van der Waals surface area contributed by atoms with E-state index in [0.717, 1.165) is 48.0 Å². The molecule has 6 rings (SSSR count). The normalized spacial score (nSPS) is 13.9. The van der Waals surface area contributed by atoms with Crippen LogP contribution >= 0.6 is 36.6 Å². The van der Waals surface area contributed by atoms with Crippen LogP contribution in [0.3, 0.4) is 0 Å². The summed E-state index contributed by atoms with van der Waals surface area (Å²) in [6.07, 6.45) is 6.02. The quantitative estimate of drug-likeness (QED) is 0.318. The number of amides is 1. The van der Waals surface area contributed by atoms with Crippen LogP contribution in [0.4, 0.5) is 0 Å². The highest BCUT2D eigenvalue weighted by atomic mass is 35.5. The van der Waals surface area contributed by atoms with Gasteiger partial charge in [-0.05, 0) is 59.8 Å². The molecule has 0 radical (unpaired) electrons. The van der Waals surface area contributed by atoms with E-state index in [1.54, 1.807) is 0 Å². The summed E-state index contributed by atoms with van der Waals surface area (Å²) in [5.74, 6) is -0.0440. The maximum Gasteiger partial charge on any atom is 0.258 e. The Morgan fingerprint density at radius 2 is 1.78 bits per heavy atom. The van der Waals surface area contributed by atoms with Crippen molar-refractivity contribution < 1.29 is 4.79 Å². The highest BCUT2D eigenvalue weighted by Gasteiger charge is 2.21. The Balaban J connectivity index is 0.00000152. The third-order valence-corrected chi connectivity index (χ3v) is 7.58. The maximum atomic E-state index is 12.9. The van der Waals surface area contributed by atoms with Crippen LogP contribution in [-0.4, -0.2) is 26.7 Å². The number of halogens is 2. The summed E-state index contributed by atoms with van der Waals surface area (Å²) in [6.45, 7) is 3.63. The number of carbonyl (C=O) groups excluding carboxylic acids is 1. The van der Waals surface area contributed by atoms with Crippen LogP contribution in [0, 0.1) is 0 Å². The molecule has 0 unspecified atom stereocenters. The first-order valence-corrected chi connectivity index (χ1v) is 12.6. The van der Waals surface area contributed by atoms with E-state index in [-0.39, 0.29) is 30.7 Å². The highest BCUT2D eigenvalue weighted by Crippen LogP contribution is 2.34. The maximum absolute atomic E-state index is 12.9. The number of rotatable bonds is 7. The summed E-state index contributed by atoms with van der Waals surface area (Å²) < 4.78 is 2.08. The number of nitrogens with one attached hydrogen (secondary N) is 1. The summed E-state index contributed by atoms with van der Waals surface area (Å²) in [5.41, 5.74) is 7.19. The Hall–Kier alpha value is -2.77. The molecule has 36 heavy (non-hydrogen) atoms. The lowest BCUT2D eigenvalue weighted by Crippen LogP contribution is -2.24. The molecule has 5 nitrogen and oxygen atoms in total. The second kappa shape index (κ2) is 11.5. The van der Waals surface area contributed by atoms with Gasteiger partial charge in [-0.1, -0.05) is 66.4 Å². The average molecular weight is 540 g/mol. The molecule has 2 aliphatic heterocycles. The van der Waals surface area contributed by atoms with Gasteiger partial charge in [-0.15, -0.1) is 24.8 Å². The van der Waals surface area contributed by atoms with Gasteiger partial charge in [0.25, 0.3) is 5.91 Å². The molecular weight excluding hydrogens is 511 g/mol. The summed E-state index contributed by atoms with van der Waals surface area (Å²) in [5, 5.41) is 4.12. The molecule has 0 bridgehead atoms. The van der Waals surface area contributed by atoms with E-state index in [0.29, 0.717) is 11.4 Å². The third kappa shape index (κ3) is 5.47. The fraction of sp³-hybridized carbons (Fsp3) is 0.214. The van der Waals surface area contributed by atoms with Gasteiger partial charge in [-0.25, -0.2) is 4.98 Å². The van der Waals surface area contributed by atoms with Crippen molar-refractivity contribution in [3.05, 3.63) is 106 Å². The molecular formula is C28H28Cl2N4OS. The second-order valence-corrected chi connectivity index (χ2v) is 10.00. The number of carbonyl (C=O) groups is 1. The van der Waals surface area contributed by atoms with Crippen LogP contribution in [0.25, 0.3) is 11.7 Å². The zero-order valence-electron chi connectivity index (χ0n) is 19.7. The number of pyridine rings is 1. The minimum absolute atomic E-state index is 0. The van der Waals surface area contributed by atoms with Gasteiger partial charge < -0.3 is 5.32 Å². The number of aromatic nitrogens is 2. The van der Waals surface area contributed by atoms with E-state index < -0.39 is 0 Å². The Kier molecular flexibility index (Phi) is 8.42. The lowest BCUT2D eigenvalue weighted by molar-refractivity contribution is -0.116. The number of thioether (sulfide) groups is 1. The largest absolute Gasteiger partial charge is 0.348 e. The van der Waals surface area contributed by atoms with Gasteiger partial charge in [0.1, 0.15) is 5.65 Å². The van der Waals surface area contributed by atoms with E-state index in [4.69, 9.17) is 0 Å². The predicted molar refractivity (Wildman–Crippen MR) is 151 cm³/mol. The van der Waals surface area contributed by atoms with Crippen molar-refractivity contribution in [3.8, 4) is 0 Å². The van der Waals surface area contributed by atoms with Crippen LogP contribution in [-0.2, 0) is 30.8 Å². The number of aryl methyl sites for hydroxylation is 1. The van der Waals surface area contributed by atoms with Crippen molar-refractivity contribution in [2.75, 3.05) is 6.54 Å². The van der Waals surface area contributed by atoms with Crippen LogP contribution < -0.4 is 5.32 Å². The lowest BCUT2D eigenvalue weighted by Gasteiger charge is -2.15. The monoisotopic (exact) mass is 538 g/mol. The SMILES string of the molecule is Cl.Cl.O=C(NCc1ccc2c(c1)CN(CCCc1ccccc1)C2)C1=Cc2cnc3cccc(n23)S1. The molecule has 1 amide bonds. The number of fused-ring (bicyclic) bond motifs is 1.